The van der Waals surface area contributed by atoms with Gasteiger partial charge < -0.3 is 10.1 Å². The summed E-state index contributed by atoms with van der Waals surface area (Å²) in [6.45, 7) is 7.72. The van der Waals surface area contributed by atoms with Gasteiger partial charge in [0.05, 0.1) is 13.2 Å². The van der Waals surface area contributed by atoms with E-state index in [9.17, 15) is 0 Å². The van der Waals surface area contributed by atoms with Crippen LogP contribution >= 0.6 is 0 Å². The number of rotatable bonds is 7. The first-order valence-electron chi connectivity index (χ1n) is 6.06. The normalized spacial score (nSPS) is 10.5. The Bertz CT molecular complexity index is 348. The Balaban J connectivity index is 2.12. The molecule has 0 aliphatic carbocycles. The van der Waals surface area contributed by atoms with E-state index >= 15 is 0 Å². The minimum atomic E-state index is 0.647. The van der Waals surface area contributed by atoms with E-state index in [2.05, 4.69) is 25.1 Å². The number of nitrogens with one attached hydrogen (secondary N) is 1. The minimum Gasteiger partial charge on any atom is -0.375 e. The molecular formula is C15H21NO. The smallest absolute Gasteiger partial charge is 0.0717 e. The molecule has 0 saturated heterocycles. The molecule has 2 heteroatoms. The zero-order valence-electron chi connectivity index (χ0n) is 10.7. The van der Waals surface area contributed by atoms with E-state index in [1.807, 2.05) is 24.3 Å². The topological polar surface area (TPSA) is 21.3 Å². The largest absolute Gasteiger partial charge is 0.375 e. The SMILES string of the molecule is C#Cc1ccc(COCCNCC(C)C)cc1. The van der Waals surface area contributed by atoms with Crippen molar-refractivity contribution < 1.29 is 4.74 Å². The van der Waals surface area contributed by atoms with E-state index in [1.165, 1.54) is 0 Å². The standard InChI is InChI=1S/C15H21NO/c1-4-14-5-7-15(8-6-14)12-17-10-9-16-11-13(2)3/h1,5-8,13,16H,9-12H2,2-3H3. The molecule has 0 heterocycles. The van der Waals surface area contributed by atoms with Crippen molar-refractivity contribution in [2.45, 2.75) is 20.5 Å². The van der Waals surface area contributed by atoms with Crippen LogP contribution in [0.15, 0.2) is 24.3 Å². The minimum absolute atomic E-state index is 0.647. The Labute approximate surface area is 104 Å². The van der Waals surface area contributed by atoms with Crippen LogP contribution < -0.4 is 5.32 Å². The van der Waals surface area contributed by atoms with Crippen molar-refractivity contribution in [2.24, 2.45) is 5.92 Å². The summed E-state index contributed by atoms with van der Waals surface area (Å²) in [6.07, 6.45) is 5.29. The van der Waals surface area contributed by atoms with Crippen molar-refractivity contribution in [1.29, 1.82) is 0 Å². The Morgan fingerprint density at radius 2 is 2.00 bits per heavy atom. The summed E-state index contributed by atoms with van der Waals surface area (Å²) in [7, 11) is 0. The maximum atomic E-state index is 5.56. The predicted octanol–water partition coefficient (Wildman–Crippen LogP) is 2.43. The lowest BCUT2D eigenvalue weighted by molar-refractivity contribution is 0.122. The van der Waals surface area contributed by atoms with Gasteiger partial charge in [0.25, 0.3) is 0 Å². The van der Waals surface area contributed by atoms with Crippen molar-refractivity contribution in [3.63, 3.8) is 0 Å². The quantitative estimate of drug-likeness (QED) is 0.575. The van der Waals surface area contributed by atoms with E-state index in [4.69, 9.17) is 11.2 Å². The third kappa shape index (κ3) is 6.11. The first-order chi connectivity index (χ1) is 8.22. The molecule has 2 nitrogen and oxygen atoms in total. The van der Waals surface area contributed by atoms with Crippen LogP contribution in [0.1, 0.15) is 25.0 Å². The van der Waals surface area contributed by atoms with E-state index in [1.54, 1.807) is 0 Å². The lowest BCUT2D eigenvalue weighted by Gasteiger charge is -2.08. The first-order valence-corrected chi connectivity index (χ1v) is 6.06. The lowest BCUT2D eigenvalue weighted by atomic mass is 10.1. The zero-order chi connectivity index (χ0) is 12.5. The number of terminal acetylenes is 1. The van der Waals surface area contributed by atoms with Crippen molar-refractivity contribution in [2.75, 3.05) is 19.7 Å². The Kier molecular flexibility index (Phi) is 6.39. The van der Waals surface area contributed by atoms with E-state index in [-0.39, 0.29) is 0 Å². The average molecular weight is 231 g/mol. The van der Waals surface area contributed by atoms with E-state index in [0.29, 0.717) is 12.5 Å². The van der Waals surface area contributed by atoms with Crippen molar-refractivity contribution in [3.8, 4) is 12.3 Å². The molecule has 0 aliphatic rings. The molecular weight excluding hydrogens is 210 g/mol. The van der Waals surface area contributed by atoms with Crippen LogP contribution in [0.3, 0.4) is 0 Å². The van der Waals surface area contributed by atoms with Crippen LogP contribution in [-0.4, -0.2) is 19.7 Å². The first kappa shape index (κ1) is 13.8. The molecule has 92 valence electrons. The molecule has 0 saturated carbocycles. The van der Waals surface area contributed by atoms with Crippen LogP contribution in [0.4, 0.5) is 0 Å². The predicted molar refractivity (Wildman–Crippen MR) is 71.7 cm³/mol. The molecule has 0 bridgehead atoms. The second-order valence-electron chi connectivity index (χ2n) is 4.49. The Morgan fingerprint density at radius 3 is 2.59 bits per heavy atom. The molecule has 0 aromatic heterocycles. The summed E-state index contributed by atoms with van der Waals surface area (Å²) < 4.78 is 5.56. The second-order valence-corrected chi connectivity index (χ2v) is 4.49. The van der Waals surface area contributed by atoms with Gasteiger partial charge >= 0.3 is 0 Å². The Hall–Kier alpha value is -1.30. The average Bonchev–Trinajstić information content (AvgIpc) is 2.34. The second kappa shape index (κ2) is 7.89. The summed E-state index contributed by atoms with van der Waals surface area (Å²) in [6, 6.07) is 7.90. The van der Waals surface area contributed by atoms with Crippen molar-refractivity contribution in [1.82, 2.24) is 5.32 Å². The molecule has 1 rings (SSSR count). The van der Waals surface area contributed by atoms with Gasteiger partial charge in [-0.25, -0.2) is 0 Å². The van der Waals surface area contributed by atoms with Crippen LogP contribution in [0, 0.1) is 18.3 Å². The number of hydrogen-bond donors (Lipinski definition) is 1. The summed E-state index contributed by atoms with van der Waals surface area (Å²) in [5.74, 6) is 3.28. The molecule has 0 aliphatic heterocycles. The van der Waals surface area contributed by atoms with Crippen LogP contribution in [0.25, 0.3) is 0 Å². The van der Waals surface area contributed by atoms with Gasteiger partial charge in [0.2, 0.25) is 0 Å². The maximum Gasteiger partial charge on any atom is 0.0717 e. The summed E-state index contributed by atoms with van der Waals surface area (Å²) >= 11 is 0. The highest BCUT2D eigenvalue weighted by molar-refractivity contribution is 5.33. The summed E-state index contributed by atoms with van der Waals surface area (Å²) in [5.41, 5.74) is 2.07. The van der Waals surface area contributed by atoms with Crippen LogP contribution in [0.2, 0.25) is 0 Å². The molecule has 17 heavy (non-hydrogen) atoms. The molecule has 0 radical (unpaired) electrons. The zero-order valence-corrected chi connectivity index (χ0v) is 10.7. The Morgan fingerprint density at radius 1 is 1.29 bits per heavy atom. The van der Waals surface area contributed by atoms with Gasteiger partial charge in [0.1, 0.15) is 0 Å². The number of benzene rings is 1. The molecule has 1 N–H and O–H groups in total. The van der Waals surface area contributed by atoms with Gasteiger partial charge in [0, 0.05) is 12.1 Å². The molecule has 1 aromatic rings. The van der Waals surface area contributed by atoms with Gasteiger partial charge in [-0.3, -0.25) is 0 Å². The van der Waals surface area contributed by atoms with Gasteiger partial charge in [0.15, 0.2) is 0 Å². The van der Waals surface area contributed by atoms with E-state index < -0.39 is 0 Å². The summed E-state index contributed by atoms with van der Waals surface area (Å²) in [5, 5.41) is 3.34. The number of hydrogen-bond acceptors (Lipinski definition) is 2. The molecule has 0 atom stereocenters. The fraction of sp³-hybridized carbons (Fsp3) is 0.467. The van der Waals surface area contributed by atoms with Crippen molar-refractivity contribution in [3.05, 3.63) is 35.4 Å². The third-order valence-corrected chi connectivity index (χ3v) is 2.37. The highest BCUT2D eigenvalue weighted by Crippen LogP contribution is 2.04. The fourth-order valence-electron chi connectivity index (χ4n) is 1.42. The summed E-state index contributed by atoms with van der Waals surface area (Å²) in [4.78, 5) is 0. The molecule has 1 aromatic carbocycles. The lowest BCUT2D eigenvalue weighted by Crippen LogP contribution is -2.23. The molecule has 0 fully saturated rings. The fourth-order valence-corrected chi connectivity index (χ4v) is 1.42. The number of ether oxygens (including phenoxy) is 1. The maximum absolute atomic E-state index is 5.56. The van der Waals surface area contributed by atoms with Gasteiger partial charge in [-0.05, 0) is 30.2 Å². The van der Waals surface area contributed by atoms with Gasteiger partial charge in [-0.1, -0.05) is 31.9 Å². The van der Waals surface area contributed by atoms with Crippen LogP contribution in [-0.2, 0) is 11.3 Å². The molecule has 0 unspecified atom stereocenters. The highest BCUT2D eigenvalue weighted by atomic mass is 16.5. The van der Waals surface area contributed by atoms with Crippen molar-refractivity contribution >= 4 is 0 Å². The van der Waals surface area contributed by atoms with Crippen LogP contribution in [0.5, 0.6) is 0 Å². The van der Waals surface area contributed by atoms with Gasteiger partial charge in [-0.2, -0.15) is 0 Å². The third-order valence-electron chi connectivity index (χ3n) is 2.37. The highest BCUT2D eigenvalue weighted by Gasteiger charge is 1.95. The monoisotopic (exact) mass is 231 g/mol. The van der Waals surface area contributed by atoms with E-state index in [0.717, 1.165) is 30.8 Å². The molecule has 0 amide bonds. The molecule has 0 spiro atoms. The van der Waals surface area contributed by atoms with Gasteiger partial charge in [-0.15, -0.1) is 6.42 Å².